The highest BCUT2D eigenvalue weighted by atomic mass is 127. The first-order chi connectivity index (χ1) is 9.78. The van der Waals surface area contributed by atoms with Crippen molar-refractivity contribution in [3.8, 4) is 0 Å². The smallest absolute Gasteiger partial charge is 0.191 e. The van der Waals surface area contributed by atoms with Crippen molar-refractivity contribution in [2.75, 3.05) is 19.6 Å². The summed E-state index contributed by atoms with van der Waals surface area (Å²) in [5, 5.41) is 10.9. The second kappa shape index (κ2) is 9.27. The van der Waals surface area contributed by atoms with Crippen LogP contribution in [0, 0.1) is 5.41 Å². The van der Waals surface area contributed by atoms with Crippen molar-refractivity contribution < 1.29 is 0 Å². The summed E-state index contributed by atoms with van der Waals surface area (Å²) in [5.41, 5.74) is 0.477. The molecule has 0 saturated heterocycles. The molecule has 0 atom stereocenters. The molecule has 1 aliphatic rings. The molecule has 1 fully saturated rings. The first kappa shape index (κ1) is 18.3. The van der Waals surface area contributed by atoms with Crippen LogP contribution in [-0.2, 0) is 6.54 Å². The minimum atomic E-state index is 0. The van der Waals surface area contributed by atoms with Gasteiger partial charge in [-0.3, -0.25) is 9.67 Å². The lowest BCUT2D eigenvalue weighted by atomic mass is 9.67. The van der Waals surface area contributed by atoms with Gasteiger partial charge in [-0.15, -0.1) is 24.0 Å². The Hall–Kier alpha value is -0.790. The third kappa shape index (κ3) is 5.48. The van der Waals surface area contributed by atoms with Gasteiger partial charge < -0.3 is 10.6 Å². The fourth-order valence-corrected chi connectivity index (χ4v) is 2.61. The van der Waals surface area contributed by atoms with E-state index in [1.54, 1.807) is 6.20 Å². The highest BCUT2D eigenvalue weighted by Gasteiger charge is 2.34. The molecule has 21 heavy (non-hydrogen) atoms. The molecule has 0 amide bonds. The first-order valence-electron chi connectivity index (χ1n) is 7.77. The predicted molar refractivity (Wildman–Crippen MR) is 98.2 cm³/mol. The molecule has 1 saturated carbocycles. The predicted octanol–water partition coefficient (Wildman–Crippen LogP) is 2.64. The van der Waals surface area contributed by atoms with Crippen LogP contribution >= 0.6 is 24.0 Å². The molecule has 0 aliphatic heterocycles. The van der Waals surface area contributed by atoms with Crippen LogP contribution in [0.2, 0.25) is 0 Å². The molecular formula is C15H28IN5. The van der Waals surface area contributed by atoms with E-state index in [-0.39, 0.29) is 24.0 Å². The second-order valence-electron chi connectivity index (χ2n) is 5.60. The number of nitrogens with one attached hydrogen (secondary N) is 2. The van der Waals surface area contributed by atoms with Crippen LogP contribution in [0.3, 0.4) is 0 Å². The third-order valence-electron chi connectivity index (χ3n) is 4.27. The number of aliphatic imine (C=N–C) groups is 1. The summed E-state index contributed by atoms with van der Waals surface area (Å²) in [5.74, 6) is 0.930. The van der Waals surface area contributed by atoms with Crippen molar-refractivity contribution in [1.29, 1.82) is 0 Å². The molecule has 2 N–H and O–H groups in total. The Labute approximate surface area is 145 Å². The van der Waals surface area contributed by atoms with Gasteiger partial charge in [-0.05, 0) is 37.7 Å². The van der Waals surface area contributed by atoms with E-state index >= 15 is 0 Å². The number of rotatable bonds is 7. The van der Waals surface area contributed by atoms with Gasteiger partial charge in [0, 0.05) is 32.0 Å². The van der Waals surface area contributed by atoms with Crippen LogP contribution in [0.15, 0.2) is 23.5 Å². The van der Waals surface area contributed by atoms with Gasteiger partial charge in [0.05, 0.1) is 6.54 Å². The monoisotopic (exact) mass is 405 g/mol. The van der Waals surface area contributed by atoms with Gasteiger partial charge in [0.2, 0.25) is 0 Å². The molecule has 1 aromatic rings. The van der Waals surface area contributed by atoms with Crippen LogP contribution in [-0.4, -0.2) is 35.4 Å². The topological polar surface area (TPSA) is 54.2 Å². The van der Waals surface area contributed by atoms with E-state index in [9.17, 15) is 0 Å². The Kier molecular flexibility index (Phi) is 8.06. The van der Waals surface area contributed by atoms with Gasteiger partial charge in [-0.25, -0.2) is 0 Å². The highest BCUT2D eigenvalue weighted by molar-refractivity contribution is 14.0. The summed E-state index contributed by atoms with van der Waals surface area (Å²) < 4.78 is 1.93. The standard InChI is InChI=1S/C15H27N5.HI/c1-3-15(7-5-8-15)13-18-14(16-4-2)17-10-12-20-11-6-9-19-20;/h6,9,11H,3-5,7-8,10,12-13H2,1-2H3,(H2,16,17,18);1H. The minimum absolute atomic E-state index is 0. The molecule has 0 bridgehead atoms. The zero-order valence-electron chi connectivity index (χ0n) is 13.1. The van der Waals surface area contributed by atoms with Crippen LogP contribution in [0.5, 0.6) is 0 Å². The molecule has 0 unspecified atom stereocenters. The van der Waals surface area contributed by atoms with Crippen molar-refractivity contribution in [3.63, 3.8) is 0 Å². The van der Waals surface area contributed by atoms with E-state index in [1.165, 1.54) is 25.7 Å². The normalized spacial score (nSPS) is 16.8. The lowest BCUT2D eigenvalue weighted by Crippen LogP contribution is -2.40. The average molecular weight is 405 g/mol. The van der Waals surface area contributed by atoms with Crippen molar-refractivity contribution in [3.05, 3.63) is 18.5 Å². The fraction of sp³-hybridized carbons (Fsp3) is 0.733. The molecule has 2 rings (SSSR count). The minimum Gasteiger partial charge on any atom is -0.357 e. The van der Waals surface area contributed by atoms with E-state index in [4.69, 9.17) is 4.99 Å². The molecule has 6 heteroatoms. The van der Waals surface area contributed by atoms with Crippen LogP contribution < -0.4 is 10.6 Å². The van der Waals surface area contributed by atoms with Gasteiger partial charge in [0.1, 0.15) is 0 Å². The van der Waals surface area contributed by atoms with Gasteiger partial charge in [-0.2, -0.15) is 5.10 Å². The largest absolute Gasteiger partial charge is 0.357 e. The third-order valence-corrected chi connectivity index (χ3v) is 4.27. The van der Waals surface area contributed by atoms with E-state index < -0.39 is 0 Å². The fourth-order valence-electron chi connectivity index (χ4n) is 2.61. The molecule has 5 nitrogen and oxygen atoms in total. The van der Waals surface area contributed by atoms with Gasteiger partial charge in [0.25, 0.3) is 0 Å². The maximum Gasteiger partial charge on any atom is 0.191 e. The summed E-state index contributed by atoms with van der Waals surface area (Å²) in [6, 6.07) is 1.95. The Morgan fingerprint density at radius 1 is 1.33 bits per heavy atom. The number of hydrogen-bond acceptors (Lipinski definition) is 2. The summed E-state index contributed by atoms with van der Waals surface area (Å²) in [6.45, 7) is 7.92. The van der Waals surface area contributed by atoms with Gasteiger partial charge in [-0.1, -0.05) is 13.3 Å². The van der Waals surface area contributed by atoms with Crippen LogP contribution in [0.1, 0.15) is 39.5 Å². The number of hydrogen-bond donors (Lipinski definition) is 2. The maximum atomic E-state index is 4.76. The summed E-state index contributed by atoms with van der Waals surface area (Å²) in [6.07, 6.45) is 9.06. The Balaban J connectivity index is 0.00000220. The van der Waals surface area contributed by atoms with Crippen molar-refractivity contribution in [1.82, 2.24) is 20.4 Å². The van der Waals surface area contributed by atoms with Crippen LogP contribution in [0.4, 0.5) is 0 Å². The van der Waals surface area contributed by atoms with Crippen molar-refractivity contribution >= 4 is 29.9 Å². The quantitative estimate of drug-likeness (QED) is 0.417. The zero-order valence-corrected chi connectivity index (χ0v) is 15.5. The van der Waals surface area contributed by atoms with Gasteiger partial charge in [0.15, 0.2) is 5.96 Å². The Morgan fingerprint density at radius 3 is 2.67 bits per heavy atom. The molecular weight excluding hydrogens is 377 g/mol. The molecule has 1 aromatic heterocycles. The first-order valence-corrected chi connectivity index (χ1v) is 7.77. The number of guanidine groups is 1. The highest BCUT2D eigenvalue weighted by Crippen LogP contribution is 2.43. The molecule has 1 heterocycles. The molecule has 0 radical (unpaired) electrons. The van der Waals surface area contributed by atoms with Crippen LogP contribution in [0.25, 0.3) is 0 Å². The van der Waals surface area contributed by atoms with E-state index in [0.29, 0.717) is 5.41 Å². The van der Waals surface area contributed by atoms with Gasteiger partial charge >= 0.3 is 0 Å². The van der Waals surface area contributed by atoms with Crippen molar-refractivity contribution in [2.45, 2.75) is 46.1 Å². The molecule has 120 valence electrons. The average Bonchev–Trinajstić information content (AvgIpc) is 2.91. The maximum absolute atomic E-state index is 4.76. The molecule has 0 spiro atoms. The van der Waals surface area contributed by atoms with Crippen molar-refractivity contribution in [2.24, 2.45) is 10.4 Å². The molecule has 1 aliphatic carbocycles. The number of nitrogens with zero attached hydrogens (tertiary/aromatic N) is 3. The lowest BCUT2D eigenvalue weighted by molar-refractivity contribution is 0.139. The SMILES string of the molecule is CCNC(=NCC1(CC)CCC1)NCCn1cccn1.I. The summed E-state index contributed by atoms with van der Waals surface area (Å²) in [4.78, 5) is 4.76. The van der Waals surface area contributed by atoms with E-state index in [0.717, 1.165) is 32.1 Å². The second-order valence-corrected chi connectivity index (χ2v) is 5.60. The Bertz CT molecular complexity index is 406. The molecule has 0 aromatic carbocycles. The Morgan fingerprint density at radius 2 is 2.14 bits per heavy atom. The summed E-state index contributed by atoms with van der Waals surface area (Å²) >= 11 is 0. The summed E-state index contributed by atoms with van der Waals surface area (Å²) in [7, 11) is 0. The van der Waals surface area contributed by atoms with E-state index in [1.807, 2.05) is 16.9 Å². The zero-order chi connectivity index (χ0) is 14.3. The van der Waals surface area contributed by atoms with E-state index in [2.05, 4.69) is 29.6 Å². The number of aromatic nitrogens is 2. The number of halogens is 1. The lowest BCUT2D eigenvalue weighted by Gasteiger charge is -2.40.